The summed E-state index contributed by atoms with van der Waals surface area (Å²) in [4.78, 5) is 4.09. The summed E-state index contributed by atoms with van der Waals surface area (Å²) in [6, 6.07) is 10.7. The van der Waals surface area contributed by atoms with E-state index in [4.69, 9.17) is 14.2 Å². The number of ether oxygens (including phenoxy) is 3. The third kappa shape index (κ3) is 4.14. The molecule has 1 aliphatic heterocycles. The van der Waals surface area contributed by atoms with Crippen LogP contribution in [0.5, 0.6) is 17.2 Å². The SMILES string of the molecule is COc1cc(C[NH+]2CCN(c3cccc(C)c3C)CC2)cc(OC)c1OC. The van der Waals surface area contributed by atoms with Crippen molar-refractivity contribution in [3.8, 4) is 17.2 Å². The summed E-state index contributed by atoms with van der Waals surface area (Å²) in [5.41, 5.74) is 5.34. The van der Waals surface area contributed by atoms with Crippen LogP contribution in [0, 0.1) is 13.8 Å². The van der Waals surface area contributed by atoms with Crippen LogP contribution >= 0.6 is 0 Å². The summed E-state index contributed by atoms with van der Waals surface area (Å²) in [7, 11) is 4.96. The molecule has 0 amide bonds. The molecule has 146 valence electrons. The molecule has 1 aliphatic rings. The number of hydrogen-bond acceptors (Lipinski definition) is 4. The molecule has 2 aromatic carbocycles. The third-order valence-electron chi connectivity index (χ3n) is 5.57. The highest BCUT2D eigenvalue weighted by atomic mass is 16.5. The molecular weight excluding hydrogens is 340 g/mol. The maximum absolute atomic E-state index is 5.49. The van der Waals surface area contributed by atoms with Crippen molar-refractivity contribution in [3.63, 3.8) is 0 Å². The van der Waals surface area contributed by atoms with Gasteiger partial charge in [-0.15, -0.1) is 0 Å². The Balaban J connectivity index is 1.68. The second-order valence-electron chi connectivity index (χ2n) is 7.17. The van der Waals surface area contributed by atoms with Crippen molar-refractivity contribution in [2.45, 2.75) is 20.4 Å². The molecule has 0 spiro atoms. The van der Waals surface area contributed by atoms with Crippen LogP contribution in [0.4, 0.5) is 5.69 Å². The van der Waals surface area contributed by atoms with Crippen molar-refractivity contribution in [2.75, 3.05) is 52.4 Å². The molecule has 1 fully saturated rings. The van der Waals surface area contributed by atoms with Gasteiger partial charge in [-0.25, -0.2) is 0 Å². The lowest BCUT2D eigenvalue weighted by molar-refractivity contribution is -0.914. The molecule has 1 N–H and O–H groups in total. The molecule has 5 nitrogen and oxygen atoms in total. The number of benzene rings is 2. The van der Waals surface area contributed by atoms with Gasteiger partial charge in [-0.05, 0) is 43.2 Å². The molecule has 27 heavy (non-hydrogen) atoms. The minimum atomic E-state index is 0.651. The van der Waals surface area contributed by atoms with Gasteiger partial charge in [0, 0.05) is 11.3 Å². The maximum Gasteiger partial charge on any atom is 0.203 e. The lowest BCUT2D eigenvalue weighted by Crippen LogP contribution is -3.13. The van der Waals surface area contributed by atoms with Gasteiger partial charge in [-0.2, -0.15) is 0 Å². The fourth-order valence-electron chi connectivity index (χ4n) is 3.84. The number of quaternary nitrogens is 1. The van der Waals surface area contributed by atoms with E-state index < -0.39 is 0 Å². The summed E-state index contributed by atoms with van der Waals surface area (Å²) in [5.74, 6) is 2.10. The number of rotatable bonds is 6. The first-order valence-corrected chi connectivity index (χ1v) is 9.51. The predicted molar refractivity (Wildman–Crippen MR) is 109 cm³/mol. The Kier molecular flexibility index (Phi) is 6.11. The highest BCUT2D eigenvalue weighted by Gasteiger charge is 2.23. The second-order valence-corrected chi connectivity index (χ2v) is 7.17. The standard InChI is InChI=1S/C22H30N2O3/c1-16-7-6-8-19(17(16)2)24-11-9-23(10-12-24)15-18-13-20(25-3)22(27-5)21(14-18)26-4/h6-8,13-14H,9-12,15H2,1-5H3/p+1. The smallest absolute Gasteiger partial charge is 0.203 e. The molecule has 2 aromatic rings. The summed E-state index contributed by atoms with van der Waals surface area (Å²) >= 11 is 0. The van der Waals surface area contributed by atoms with Gasteiger partial charge in [0.2, 0.25) is 5.75 Å². The Morgan fingerprint density at radius 3 is 2.11 bits per heavy atom. The fraction of sp³-hybridized carbons (Fsp3) is 0.455. The average Bonchev–Trinajstić information content (AvgIpc) is 2.70. The quantitative estimate of drug-likeness (QED) is 0.845. The van der Waals surface area contributed by atoms with Crippen molar-refractivity contribution in [3.05, 3.63) is 47.0 Å². The van der Waals surface area contributed by atoms with Gasteiger partial charge in [0.25, 0.3) is 0 Å². The number of nitrogens with zero attached hydrogens (tertiary/aromatic N) is 1. The molecule has 0 bridgehead atoms. The monoisotopic (exact) mass is 371 g/mol. The van der Waals surface area contributed by atoms with Crippen molar-refractivity contribution >= 4 is 5.69 Å². The molecule has 0 unspecified atom stereocenters. The minimum absolute atomic E-state index is 0.651. The van der Waals surface area contributed by atoms with Crippen molar-refractivity contribution in [1.82, 2.24) is 0 Å². The predicted octanol–water partition coefficient (Wildman–Crippen LogP) is 2.23. The number of piperazine rings is 1. The van der Waals surface area contributed by atoms with Gasteiger partial charge in [0.05, 0.1) is 47.5 Å². The molecule has 1 saturated heterocycles. The van der Waals surface area contributed by atoms with E-state index in [1.807, 2.05) is 0 Å². The van der Waals surface area contributed by atoms with Crippen molar-refractivity contribution in [1.29, 1.82) is 0 Å². The summed E-state index contributed by atoms with van der Waals surface area (Å²) in [6.07, 6.45) is 0. The first-order chi connectivity index (χ1) is 13.1. The molecule has 0 radical (unpaired) electrons. The van der Waals surface area contributed by atoms with Gasteiger partial charge in [0.15, 0.2) is 11.5 Å². The van der Waals surface area contributed by atoms with Crippen LogP contribution in [-0.2, 0) is 6.54 Å². The molecule has 5 heteroatoms. The van der Waals surface area contributed by atoms with Crippen molar-refractivity contribution in [2.24, 2.45) is 0 Å². The van der Waals surface area contributed by atoms with Gasteiger partial charge in [0.1, 0.15) is 6.54 Å². The molecule has 1 heterocycles. The second kappa shape index (κ2) is 8.53. The first-order valence-electron chi connectivity index (χ1n) is 9.51. The van der Waals surface area contributed by atoms with Crippen LogP contribution in [0.2, 0.25) is 0 Å². The van der Waals surface area contributed by atoms with E-state index in [-0.39, 0.29) is 0 Å². The Bertz CT molecular complexity index is 758. The summed E-state index contributed by atoms with van der Waals surface area (Å²) < 4.78 is 16.4. The van der Waals surface area contributed by atoms with Crippen LogP contribution < -0.4 is 24.0 Å². The number of hydrogen-bond donors (Lipinski definition) is 1. The lowest BCUT2D eigenvalue weighted by atomic mass is 10.1. The number of methoxy groups -OCH3 is 3. The Morgan fingerprint density at radius 1 is 0.926 bits per heavy atom. The highest BCUT2D eigenvalue weighted by molar-refractivity contribution is 5.56. The van der Waals surface area contributed by atoms with Gasteiger partial charge >= 0.3 is 0 Å². The largest absolute Gasteiger partial charge is 0.493 e. The maximum atomic E-state index is 5.49. The molecule has 0 aromatic heterocycles. The van der Waals surface area contributed by atoms with Crippen LogP contribution in [-0.4, -0.2) is 47.5 Å². The van der Waals surface area contributed by atoms with Crippen LogP contribution in [0.15, 0.2) is 30.3 Å². The number of nitrogens with one attached hydrogen (secondary N) is 1. The summed E-state index contributed by atoms with van der Waals surface area (Å²) in [6.45, 7) is 9.74. The van der Waals surface area contributed by atoms with E-state index in [2.05, 4.69) is 49.1 Å². The highest BCUT2D eigenvalue weighted by Crippen LogP contribution is 2.38. The van der Waals surface area contributed by atoms with Crippen LogP contribution in [0.25, 0.3) is 0 Å². The molecule has 0 atom stereocenters. The minimum Gasteiger partial charge on any atom is -0.493 e. The fourth-order valence-corrected chi connectivity index (χ4v) is 3.84. The van der Waals surface area contributed by atoms with E-state index in [0.717, 1.165) is 44.2 Å². The Morgan fingerprint density at radius 2 is 1.56 bits per heavy atom. The normalized spacial score (nSPS) is 14.9. The van der Waals surface area contributed by atoms with Gasteiger partial charge in [-0.1, -0.05) is 12.1 Å². The number of aryl methyl sites for hydroxylation is 1. The zero-order valence-electron chi connectivity index (χ0n) is 17.1. The lowest BCUT2D eigenvalue weighted by Gasteiger charge is -2.35. The van der Waals surface area contributed by atoms with Gasteiger partial charge in [-0.3, -0.25) is 0 Å². The van der Waals surface area contributed by atoms with E-state index in [1.54, 1.807) is 26.2 Å². The topological polar surface area (TPSA) is 35.4 Å². The van der Waals surface area contributed by atoms with Crippen LogP contribution in [0.3, 0.4) is 0 Å². The first kappa shape index (κ1) is 19.4. The number of anilines is 1. The molecule has 0 aliphatic carbocycles. The Labute approximate surface area is 162 Å². The molecule has 3 rings (SSSR count). The third-order valence-corrected chi connectivity index (χ3v) is 5.57. The van der Waals surface area contributed by atoms with Gasteiger partial charge < -0.3 is 24.0 Å². The van der Waals surface area contributed by atoms with E-state index in [9.17, 15) is 0 Å². The molecular formula is C22H31N2O3+. The van der Waals surface area contributed by atoms with E-state index in [1.165, 1.54) is 22.4 Å². The van der Waals surface area contributed by atoms with Crippen LogP contribution in [0.1, 0.15) is 16.7 Å². The van der Waals surface area contributed by atoms with Crippen molar-refractivity contribution < 1.29 is 19.1 Å². The van der Waals surface area contributed by atoms with E-state index in [0.29, 0.717) is 5.75 Å². The van der Waals surface area contributed by atoms with E-state index >= 15 is 0 Å². The Hall–Kier alpha value is -2.40. The zero-order chi connectivity index (χ0) is 19.4. The average molecular weight is 372 g/mol. The summed E-state index contributed by atoms with van der Waals surface area (Å²) in [5, 5.41) is 0. The zero-order valence-corrected chi connectivity index (χ0v) is 17.1. The molecule has 0 saturated carbocycles.